The van der Waals surface area contributed by atoms with Crippen LogP contribution < -0.4 is 11.1 Å². The predicted molar refractivity (Wildman–Crippen MR) is 76.2 cm³/mol. The minimum absolute atomic E-state index is 0.309. The van der Waals surface area contributed by atoms with Crippen molar-refractivity contribution >= 4 is 11.6 Å². The molecule has 0 N–H and O–H groups in total. The Hall–Kier alpha value is -2.07. The van der Waals surface area contributed by atoms with Crippen LogP contribution in [0.5, 0.6) is 0 Å². The number of rotatable bonds is 3. The summed E-state index contributed by atoms with van der Waals surface area (Å²) in [7, 11) is 0. The van der Waals surface area contributed by atoms with Gasteiger partial charge >= 0.3 is 11.1 Å². The van der Waals surface area contributed by atoms with Gasteiger partial charge in [-0.3, -0.25) is 14.2 Å². The van der Waals surface area contributed by atoms with E-state index in [1.165, 1.54) is 9.13 Å². The van der Waals surface area contributed by atoms with Gasteiger partial charge in [-0.05, 0) is 24.6 Å². The van der Waals surface area contributed by atoms with Crippen LogP contribution in [0, 0.1) is 6.92 Å². The highest BCUT2D eigenvalue weighted by Crippen LogP contribution is 2.20. The lowest BCUT2D eigenvalue weighted by Gasteiger charge is -2.11. The van der Waals surface area contributed by atoms with E-state index in [0.29, 0.717) is 17.3 Å². The Bertz CT molecular complexity index is 744. The molecule has 0 radical (unpaired) electrons. The molecular weight excluding hydrogens is 264 g/mol. The summed E-state index contributed by atoms with van der Waals surface area (Å²) in [6.45, 7) is 5.66. The van der Waals surface area contributed by atoms with Crippen LogP contribution in [0.2, 0.25) is 5.02 Å². The summed E-state index contributed by atoms with van der Waals surface area (Å²) in [6, 6.07) is 5.23. The molecule has 0 fully saturated rings. The average Bonchev–Trinajstić information content (AvgIpc) is 2.39. The van der Waals surface area contributed by atoms with Crippen molar-refractivity contribution in [3.63, 3.8) is 0 Å². The van der Waals surface area contributed by atoms with E-state index in [9.17, 15) is 9.59 Å². The molecule has 0 aliphatic carbocycles. The van der Waals surface area contributed by atoms with Gasteiger partial charge in [0.05, 0.1) is 5.69 Å². The molecule has 1 aromatic carbocycles. The summed E-state index contributed by atoms with van der Waals surface area (Å²) in [5.41, 5.74) is 0.184. The lowest BCUT2D eigenvalue weighted by atomic mass is 10.2. The number of benzene rings is 1. The van der Waals surface area contributed by atoms with E-state index in [0.717, 1.165) is 5.56 Å². The number of hydrogen-bond acceptors (Lipinski definition) is 2. The SMILES string of the molecule is C=CCn1ccn(-c2cccc(Cl)c2C)c(=O)c1=O. The Labute approximate surface area is 115 Å². The maximum atomic E-state index is 12.1. The Morgan fingerprint density at radius 2 is 2.00 bits per heavy atom. The van der Waals surface area contributed by atoms with E-state index in [1.807, 2.05) is 0 Å². The first-order chi connectivity index (χ1) is 9.06. The Kier molecular flexibility index (Phi) is 3.71. The lowest BCUT2D eigenvalue weighted by molar-refractivity contribution is 0.732. The van der Waals surface area contributed by atoms with Gasteiger partial charge in [0, 0.05) is 24.0 Å². The number of nitrogens with zero attached hydrogens (tertiary/aromatic N) is 2. The third-order valence-corrected chi connectivity index (χ3v) is 3.29. The third kappa shape index (κ3) is 2.39. The Morgan fingerprint density at radius 3 is 2.68 bits per heavy atom. The Balaban J connectivity index is 2.68. The fraction of sp³-hybridized carbons (Fsp3) is 0.143. The first-order valence-electron chi connectivity index (χ1n) is 5.74. The summed E-state index contributed by atoms with van der Waals surface area (Å²) < 4.78 is 2.62. The number of aromatic nitrogens is 2. The first-order valence-corrected chi connectivity index (χ1v) is 6.12. The van der Waals surface area contributed by atoms with Crippen LogP contribution in [-0.4, -0.2) is 9.13 Å². The molecule has 4 nitrogen and oxygen atoms in total. The minimum Gasteiger partial charge on any atom is -0.306 e. The van der Waals surface area contributed by atoms with Gasteiger partial charge in [-0.1, -0.05) is 23.7 Å². The van der Waals surface area contributed by atoms with Gasteiger partial charge in [-0.25, -0.2) is 0 Å². The van der Waals surface area contributed by atoms with Crippen molar-refractivity contribution in [2.24, 2.45) is 0 Å². The highest BCUT2D eigenvalue weighted by molar-refractivity contribution is 6.31. The predicted octanol–water partition coefficient (Wildman–Crippen LogP) is 2.15. The Morgan fingerprint density at radius 1 is 1.26 bits per heavy atom. The molecule has 1 heterocycles. The van der Waals surface area contributed by atoms with E-state index in [-0.39, 0.29) is 0 Å². The summed E-state index contributed by atoms with van der Waals surface area (Å²) in [5.74, 6) is 0. The normalized spacial score (nSPS) is 10.4. The molecule has 0 aliphatic heterocycles. The monoisotopic (exact) mass is 276 g/mol. The molecule has 0 bridgehead atoms. The molecule has 2 rings (SSSR count). The van der Waals surface area contributed by atoms with Crippen LogP contribution >= 0.6 is 11.6 Å². The highest BCUT2D eigenvalue weighted by Gasteiger charge is 2.09. The zero-order valence-electron chi connectivity index (χ0n) is 10.5. The van der Waals surface area contributed by atoms with Crippen LogP contribution in [-0.2, 0) is 6.54 Å². The van der Waals surface area contributed by atoms with Gasteiger partial charge in [-0.2, -0.15) is 0 Å². The van der Waals surface area contributed by atoms with E-state index >= 15 is 0 Å². The fourth-order valence-electron chi connectivity index (χ4n) is 1.84. The van der Waals surface area contributed by atoms with E-state index in [4.69, 9.17) is 11.6 Å². The topological polar surface area (TPSA) is 44.0 Å². The van der Waals surface area contributed by atoms with Crippen molar-refractivity contribution in [1.82, 2.24) is 9.13 Å². The van der Waals surface area contributed by atoms with Gasteiger partial charge in [0.2, 0.25) is 0 Å². The molecule has 2 aromatic rings. The van der Waals surface area contributed by atoms with Gasteiger partial charge in [0.25, 0.3) is 0 Å². The van der Waals surface area contributed by atoms with Crippen LogP contribution in [0.3, 0.4) is 0 Å². The van der Waals surface area contributed by atoms with Crippen LogP contribution in [0.1, 0.15) is 5.56 Å². The van der Waals surface area contributed by atoms with E-state index in [1.54, 1.807) is 43.6 Å². The van der Waals surface area contributed by atoms with Gasteiger partial charge in [-0.15, -0.1) is 6.58 Å². The second kappa shape index (κ2) is 5.28. The van der Waals surface area contributed by atoms with Crippen molar-refractivity contribution in [1.29, 1.82) is 0 Å². The molecule has 19 heavy (non-hydrogen) atoms. The number of halogens is 1. The smallest absolute Gasteiger partial charge is 0.306 e. The molecule has 5 heteroatoms. The lowest BCUT2D eigenvalue weighted by Crippen LogP contribution is -2.39. The summed E-state index contributed by atoms with van der Waals surface area (Å²) >= 11 is 6.02. The van der Waals surface area contributed by atoms with Crippen molar-refractivity contribution in [3.05, 3.63) is 74.5 Å². The van der Waals surface area contributed by atoms with Crippen molar-refractivity contribution in [2.45, 2.75) is 13.5 Å². The number of allylic oxidation sites excluding steroid dienone is 1. The summed E-state index contributed by atoms with van der Waals surface area (Å²) in [6.07, 6.45) is 4.69. The van der Waals surface area contributed by atoms with Crippen molar-refractivity contribution < 1.29 is 0 Å². The third-order valence-electron chi connectivity index (χ3n) is 2.88. The van der Waals surface area contributed by atoms with Crippen LogP contribution in [0.4, 0.5) is 0 Å². The molecule has 0 saturated heterocycles. The average molecular weight is 277 g/mol. The van der Waals surface area contributed by atoms with Gasteiger partial charge in [0.1, 0.15) is 0 Å². The van der Waals surface area contributed by atoms with Crippen molar-refractivity contribution in [2.75, 3.05) is 0 Å². The molecule has 0 amide bonds. The van der Waals surface area contributed by atoms with E-state index < -0.39 is 11.1 Å². The minimum atomic E-state index is -0.602. The first kappa shape index (κ1) is 13.4. The van der Waals surface area contributed by atoms with Gasteiger partial charge < -0.3 is 4.57 Å². The molecular formula is C14H13ClN2O2. The molecule has 0 saturated carbocycles. The zero-order chi connectivity index (χ0) is 14.0. The molecule has 0 atom stereocenters. The fourth-order valence-corrected chi connectivity index (χ4v) is 2.01. The molecule has 98 valence electrons. The molecule has 1 aromatic heterocycles. The quantitative estimate of drug-likeness (QED) is 0.637. The summed E-state index contributed by atoms with van der Waals surface area (Å²) in [4.78, 5) is 24.0. The number of hydrogen-bond donors (Lipinski definition) is 0. The maximum Gasteiger partial charge on any atom is 0.320 e. The summed E-state index contributed by atoms with van der Waals surface area (Å²) in [5, 5.41) is 0.555. The van der Waals surface area contributed by atoms with Crippen LogP contribution in [0.25, 0.3) is 5.69 Å². The van der Waals surface area contributed by atoms with E-state index in [2.05, 4.69) is 6.58 Å². The molecule has 0 spiro atoms. The largest absolute Gasteiger partial charge is 0.320 e. The maximum absolute atomic E-state index is 12.1. The molecule has 0 aliphatic rings. The highest BCUT2D eigenvalue weighted by atomic mass is 35.5. The molecule has 0 unspecified atom stereocenters. The zero-order valence-corrected chi connectivity index (χ0v) is 11.2. The standard InChI is InChI=1S/C14H13ClN2O2/c1-3-7-16-8-9-17(14(19)13(16)18)12-6-4-5-11(15)10(12)2/h3-6,8-9H,1,7H2,2H3. The second-order valence-electron chi connectivity index (χ2n) is 4.10. The van der Waals surface area contributed by atoms with Gasteiger partial charge in [0.15, 0.2) is 0 Å². The van der Waals surface area contributed by atoms with Crippen molar-refractivity contribution in [3.8, 4) is 5.69 Å². The second-order valence-corrected chi connectivity index (χ2v) is 4.51. The van der Waals surface area contributed by atoms with Crippen LogP contribution in [0.15, 0.2) is 52.8 Å².